The zero-order chi connectivity index (χ0) is 17.1. The van der Waals surface area contributed by atoms with Crippen molar-refractivity contribution in [3.8, 4) is 0 Å². The Balaban J connectivity index is -0.000000219. The van der Waals surface area contributed by atoms with Gasteiger partial charge in [-0.05, 0) is 26.3 Å². The molecule has 1 aromatic rings. The van der Waals surface area contributed by atoms with E-state index in [1.165, 1.54) is 11.1 Å². The number of rotatable bonds is 3. The molecule has 1 aromatic carbocycles. The van der Waals surface area contributed by atoms with E-state index in [9.17, 15) is 0 Å². The van der Waals surface area contributed by atoms with Crippen molar-refractivity contribution in [3.63, 3.8) is 0 Å². The molecule has 0 unspecified atom stereocenters. The Kier molecular flexibility index (Phi) is 22.6. The minimum Gasteiger partial charge on any atom is -0.100 e. The van der Waals surface area contributed by atoms with Crippen LogP contribution in [-0.4, -0.2) is 0 Å². The predicted molar refractivity (Wildman–Crippen MR) is 102 cm³/mol. The maximum Gasteiger partial charge on any atom is -0.0263 e. The molecule has 0 bridgehead atoms. The van der Waals surface area contributed by atoms with Gasteiger partial charge in [0.15, 0.2) is 0 Å². The van der Waals surface area contributed by atoms with Crippen LogP contribution in [0, 0.1) is 0 Å². The van der Waals surface area contributed by atoms with E-state index in [-0.39, 0.29) is 0 Å². The Labute approximate surface area is 132 Å². The average molecular weight is 282 g/mol. The summed E-state index contributed by atoms with van der Waals surface area (Å²) in [5.41, 5.74) is 3.36. The highest BCUT2D eigenvalue weighted by atomic mass is 13.8. The molecule has 0 aliphatic heterocycles. The second-order valence-electron chi connectivity index (χ2n) is 4.34. The third kappa shape index (κ3) is 38.1. The molecule has 0 spiro atoms. The molecule has 0 heteroatoms. The Morgan fingerprint density at radius 3 is 1.29 bits per heavy atom. The normalized spacial score (nSPS) is 7.00. The summed E-state index contributed by atoms with van der Waals surface area (Å²) >= 11 is 0. The molecule has 0 aliphatic rings. The molecule has 0 atom stereocenters. The lowest BCUT2D eigenvalue weighted by atomic mass is 10.2. The van der Waals surface area contributed by atoms with E-state index >= 15 is 0 Å². The van der Waals surface area contributed by atoms with E-state index in [2.05, 4.69) is 39.5 Å². The summed E-state index contributed by atoms with van der Waals surface area (Å²) in [6, 6.07) is 10.0. The molecule has 114 valence electrons. The van der Waals surface area contributed by atoms with Gasteiger partial charge >= 0.3 is 0 Å². The lowest BCUT2D eigenvalue weighted by molar-refractivity contribution is 1.42. The van der Waals surface area contributed by atoms with E-state index in [0.717, 1.165) is 5.57 Å². The summed E-state index contributed by atoms with van der Waals surface area (Å²) in [5, 5.41) is 0. The van der Waals surface area contributed by atoms with E-state index in [1.54, 1.807) is 18.2 Å². The van der Waals surface area contributed by atoms with Crippen LogP contribution >= 0.6 is 0 Å². The van der Waals surface area contributed by atoms with Gasteiger partial charge in [-0.3, -0.25) is 0 Å². The topological polar surface area (TPSA) is 0 Å². The van der Waals surface area contributed by atoms with Gasteiger partial charge in [0.25, 0.3) is 0 Å². The summed E-state index contributed by atoms with van der Waals surface area (Å²) < 4.78 is 0. The van der Waals surface area contributed by atoms with Gasteiger partial charge in [-0.15, -0.1) is 6.58 Å². The highest BCUT2D eigenvalue weighted by Crippen LogP contribution is 1.97. The summed E-state index contributed by atoms with van der Waals surface area (Å²) in [6.07, 6.45) is 6.83. The van der Waals surface area contributed by atoms with E-state index in [0.29, 0.717) is 0 Å². The third-order valence-electron chi connectivity index (χ3n) is 1.55. The fourth-order valence-electron chi connectivity index (χ4n) is 0.589. The number of hydrogen-bond donors (Lipinski definition) is 0. The highest BCUT2D eigenvalue weighted by molar-refractivity contribution is 5.45. The lowest BCUT2D eigenvalue weighted by Gasteiger charge is -1.85. The zero-order valence-electron chi connectivity index (χ0n) is 13.9. The van der Waals surface area contributed by atoms with E-state index in [4.69, 9.17) is 0 Å². The van der Waals surface area contributed by atoms with Crippen molar-refractivity contribution in [1.29, 1.82) is 0 Å². The molecule has 0 saturated heterocycles. The average Bonchev–Trinajstić information content (AvgIpc) is 2.48. The molecule has 0 N–H and O–H groups in total. The number of hydrogen-bond acceptors (Lipinski definition) is 0. The van der Waals surface area contributed by atoms with Gasteiger partial charge in [-0.25, -0.2) is 0 Å². The minimum absolute atomic E-state index is 1.02. The molecule has 0 fully saturated rings. The van der Waals surface area contributed by atoms with Gasteiger partial charge in [-0.2, -0.15) is 0 Å². The molecular weight excluding hydrogens is 252 g/mol. The first-order valence-corrected chi connectivity index (χ1v) is 6.66. The molecule has 0 radical (unpaired) electrons. The zero-order valence-corrected chi connectivity index (χ0v) is 13.9. The third-order valence-corrected chi connectivity index (χ3v) is 1.55. The van der Waals surface area contributed by atoms with Crippen LogP contribution in [0.4, 0.5) is 0 Å². The van der Waals surface area contributed by atoms with Crippen LogP contribution < -0.4 is 0 Å². The summed E-state index contributed by atoms with van der Waals surface area (Å²) in [4.78, 5) is 0. The SMILES string of the molecule is C=C(C)C.C=CC(=C)C.C=CC=C.C=Cc1ccccc1. The van der Waals surface area contributed by atoms with Crippen LogP contribution in [0.25, 0.3) is 6.08 Å². The van der Waals surface area contributed by atoms with Crippen molar-refractivity contribution in [2.45, 2.75) is 20.8 Å². The molecule has 0 amide bonds. The maximum atomic E-state index is 3.63. The van der Waals surface area contributed by atoms with Gasteiger partial charge in [0.2, 0.25) is 0 Å². The fraction of sp³-hybridized carbons (Fsp3) is 0.143. The molecule has 0 heterocycles. The minimum atomic E-state index is 1.02. The Hall–Kier alpha value is -2.34. The Morgan fingerprint density at radius 2 is 1.14 bits per heavy atom. The van der Waals surface area contributed by atoms with Gasteiger partial charge in [0.05, 0.1) is 0 Å². The van der Waals surface area contributed by atoms with E-state index < -0.39 is 0 Å². The molecule has 0 aromatic heterocycles. The highest BCUT2D eigenvalue weighted by Gasteiger charge is 1.75. The second kappa shape index (κ2) is 20.0. The maximum absolute atomic E-state index is 3.63. The molecule has 0 aliphatic carbocycles. The molecule has 21 heavy (non-hydrogen) atoms. The second-order valence-corrected chi connectivity index (χ2v) is 4.34. The van der Waals surface area contributed by atoms with Crippen molar-refractivity contribution in [3.05, 3.63) is 105 Å². The number of allylic oxidation sites excluding steroid dienone is 5. The van der Waals surface area contributed by atoms with E-state index in [1.807, 2.05) is 57.2 Å². The fourth-order valence-corrected chi connectivity index (χ4v) is 0.589. The van der Waals surface area contributed by atoms with Crippen molar-refractivity contribution >= 4 is 6.08 Å². The van der Waals surface area contributed by atoms with Crippen molar-refractivity contribution in [1.82, 2.24) is 0 Å². The number of benzene rings is 1. The monoisotopic (exact) mass is 282 g/mol. The summed E-state index contributed by atoms with van der Waals surface area (Å²) in [7, 11) is 0. The quantitative estimate of drug-likeness (QED) is 0.413. The van der Waals surface area contributed by atoms with Crippen molar-refractivity contribution < 1.29 is 0 Å². The van der Waals surface area contributed by atoms with Crippen LogP contribution in [0.2, 0.25) is 0 Å². The predicted octanol–water partition coefficient (Wildman–Crippen LogP) is 7.02. The van der Waals surface area contributed by atoms with Gasteiger partial charge < -0.3 is 0 Å². The van der Waals surface area contributed by atoms with Gasteiger partial charge in [-0.1, -0.05) is 98.7 Å². The largest absolute Gasteiger partial charge is 0.100 e. The lowest BCUT2D eigenvalue weighted by Crippen LogP contribution is -1.63. The van der Waals surface area contributed by atoms with Crippen LogP contribution in [-0.2, 0) is 0 Å². The summed E-state index contributed by atoms with van der Waals surface area (Å²) in [5.74, 6) is 0. The first kappa shape index (κ1) is 23.7. The van der Waals surface area contributed by atoms with Gasteiger partial charge in [0.1, 0.15) is 0 Å². The standard InChI is InChI=1S/C8H8.C5H8.C4H8.C4H6/c1-2-8-6-4-3-5-7-8;1-4-5(2)3;1-4(2)3;1-3-4-2/h2-7H,1H2;4H,1-2H2,3H3;1H2,2-3H3;3-4H,1-2H2. The van der Waals surface area contributed by atoms with Crippen molar-refractivity contribution in [2.24, 2.45) is 0 Å². The van der Waals surface area contributed by atoms with Crippen LogP contribution in [0.15, 0.2) is 99.2 Å². The van der Waals surface area contributed by atoms with Gasteiger partial charge in [0, 0.05) is 0 Å². The van der Waals surface area contributed by atoms with Crippen LogP contribution in [0.3, 0.4) is 0 Å². The van der Waals surface area contributed by atoms with Crippen LogP contribution in [0.5, 0.6) is 0 Å². The first-order chi connectivity index (χ1) is 9.85. The van der Waals surface area contributed by atoms with Crippen LogP contribution in [0.1, 0.15) is 26.3 Å². The molecule has 0 saturated carbocycles. The smallest absolute Gasteiger partial charge is 0.0263 e. The molecule has 1 rings (SSSR count). The Morgan fingerprint density at radius 1 is 0.810 bits per heavy atom. The Bertz CT molecular complexity index is 409. The molecular formula is C21H30. The molecule has 0 nitrogen and oxygen atoms in total. The van der Waals surface area contributed by atoms with Crippen molar-refractivity contribution in [2.75, 3.05) is 0 Å². The summed E-state index contributed by atoms with van der Waals surface area (Å²) in [6.45, 7) is 26.8. The first-order valence-electron chi connectivity index (χ1n) is 6.66.